The van der Waals surface area contributed by atoms with Crippen molar-refractivity contribution in [2.24, 2.45) is 10.4 Å². The molecule has 0 aromatic heterocycles. The van der Waals surface area contributed by atoms with E-state index in [9.17, 15) is 9.90 Å². The Bertz CT molecular complexity index is 1020. The van der Waals surface area contributed by atoms with Crippen molar-refractivity contribution in [2.45, 2.75) is 20.8 Å². The van der Waals surface area contributed by atoms with E-state index in [-0.39, 0.29) is 0 Å². The summed E-state index contributed by atoms with van der Waals surface area (Å²) < 4.78 is 11.6. The molecular weight excluding hydrogens is 394 g/mol. The third kappa shape index (κ3) is 4.37. The quantitative estimate of drug-likeness (QED) is 0.804. The largest absolute Gasteiger partial charge is 0.497 e. The molecule has 0 bridgehead atoms. The lowest BCUT2D eigenvalue weighted by Gasteiger charge is -2.39. The monoisotopic (exact) mass is 423 g/mol. The summed E-state index contributed by atoms with van der Waals surface area (Å²) in [6, 6.07) is 11.8. The molecule has 0 unspecified atom stereocenters. The van der Waals surface area contributed by atoms with Crippen LogP contribution in [0.25, 0.3) is 0 Å². The molecule has 2 heterocycles. The smallest absolute Gasteiger partial charge is 0.310 e. The highest BCUT2D eigenvalue weighted by Crippen LogP contribution is 2.40. The third-order valence-electron chi connectivity index (χ3n) is 5.86. The minimum atomic E-state index is -0.767. The number of aryl methyl sites for hydroxylation is 1. The van der Waals surface area contributed by atoms with E-state index in [0.29, 0.717) is 12.3 Å². The van der Waals surface area contributed by atoms with E-state index >= 15 is 0 Å². The Labute approximate surface area is 182 Å². The summed E-state index contributed by atoms with van der Waals surface area (Å²) in [5.41, 5.74) is 2.10. The number of aliphatic carboxylic acids is 1. The van der Waals surface area contributed by atoms with Crippen LogP contribution in [0.1, 0.15) is 25.0 Å². The number of benzene rings is 2. The summed E-state index contributed by atoms with van der Waals surface area (Å²) in [4.78, 5) is 21.0. The number of carboxylic acid groups (broad SMARTS) is 1. The first-order valence-electron chi connectivity index (χ1n) is 10.5. The van der Waals surface area contributed by atoms with E-state index in [1.807, 2.05) is 30.3 Å². The Morgan fingerprint density at radius 1 is 1.13 bits per heavy atom. The van der Waals surface area contributed by atoms with E-state index in [2.05, 4.69) is 22.8 Å². The van der Waals surface area contributed by atoms with E-state index in [4.69, 9.17) is 14.5 Å². The van der Waals surface area contributed by atoms with Gasteiger partial charge in [-0.2, -0.15) is 0 Å². The third-order valence-corrected chi connectivity index (χ3v) is 5.86. The fourth-order valence-corrected chi connectivity index (χ4v) is 3.98. The van der Waals surface area contributed by atoms with Gasteiger partial charge in [0.15, 0.2) is 5.75 Å². The zero-order valence-corrected chi connectivity index (χ0v) is 18.5. The molecule has 7 nitrogen and oxygen atoms in total. The Kier molecular flexibility index (Phi) is 5.62. The SMILES string of the molecule is COc1ccc2c(c1)Oc1ccc(C)cc1C(N1CCN(CC(C)(C)C(=O)O)CC1)=N2. The summed E-state index contributed by atoms with van der Waals surface area (Å²) in [5, 5.41) is 9.45. The maximum Gasteiger partial charge on any atom is 0.310 e. The molecule has 2 aliphatic heterocycles. The fraction of sp³-hybridized carbons (Fsp3) is 0.417. The van der Waals surface area contributed by atoms with Crippen molar-refractivity contribution in [3.8, 4) is 17.2 Å². The highest BCUT2D eigenvalue weighted by atomic mass is 16.5. The van der Waals surface area contributed by atoms with Crippen molar-refractivity contribution in [3.05, 3.63) is 47.5 Å². The molecule has 164 valence electrons. The van der Waals surface area contributed by atoms with Gasteiger partial charge in [0.05, 0.1) is 18.1 Å². The first-order chi connectivity index (χ1) is 14.8. The number of amidine groups is 1. The van der Waals surface area contributed by atoms with Crippen molar-refractivity contribution < 1.29 is 19.4 Å². The molecular formula is C24H29N3O4. The van der Waals surface area contributed by atoms with E-state index in [1.165, 1.54) is 0 Å². The summed E-state index contributed by atoms with van der Waals surface area (Å²) in [5.74, 6) is 2.28. The van der Waals surface area contributed by atoms with Gasteiger partial charge < -0.3 is 19.5 Å². The topological polar surface area (TPSA) is 74.6 Å². The van der Waals surface area contributed by atoms with Crippen molar-refractivity contribution in [2.75, 3.05) is 39.8 Å². The number of hydrogen-bond acceptors (Lipinski definition) is 6. The molecule has 0 saturated carbocycles. The molecule has 0 atom stereocenters. The van der Waals surface area contributed by atoms with Gasteiger partial charge >= 0.3 is 5.97 Å². The van der Waals surface area contributed by atoms with Gasteiger partial charge in [-0.3, -0.25) is 9.69 Å². The number of fused-ring (bicyclic) bond motifs is 2. The van der Waals surface area contributed by atoms with Crippen LogP contribution < -0.4 is 9.47 Å². The number of rotatable bonds is 4. The maximum absolute atomic E-state index is 11.5. The number of aliphatic imine (C=N–C) groups is 1. The second-order valence-electron chi connectivity index (χ2n) is 8.82. The van der Waals surface area contributed by atoms with Crippen molar-refractivity contribution in [3.63, 3.8) is 0 Å². The van der Waals surface area contributed by atoms with Crippen molar-refractivity contribution in [1.82, 2.24) is 9.80 Å². The van der Waals surface area contributed by atoms with Crippen LogP contribution in [-0.2, 0) is 4.79 Å². The molecule has 0 radical (unpaired) electrons. The average molecular weight is 424 g/mol. The van der Waals surface area contributed by atoms with Gasteiger partial charge in [-0.05, 0) is 45.0 Å². The van der Waals surface area contributed by atoms with E-state index < -0.39 is 11.4 Å². The summed E-state index contributed by atoms with van der Waals surface area (Å²) in [7, 11) is 1.63. The Balaban J connectivity index is 1.63. The normalized spacial score (nSPS) is 16.5. The molecule has 0 amide bonds. The lowest BCUT2D eigenvalue weighted by atomic mass is 9.93. The molecule has 0 spiro atoms. The van der Waals surface area contributed by atoms with Crippen LogP contribution in [0.4, 0.5) is 5.69 Å². The second-order valence-corrected chi connectivity index (χ2v) is 8.82. The molecule has 2 aromatic rings. The number of methoxy groups -OCH3 is 1. The number of carbonyl (C=O) groups is 1. The molecule has 0 aliphatic carbocycles. The zero-order valence-electron chi connectivity index (χ0n) is 18.5. The van der Waals surface area contributed by atoms with E-state index in [1.54, 1.807) is 21.0 Å². The van der Waals surface area contributed by atoms with Crippen LogP contribution in [0.3, 0.4) is 0 Å². The van der Waals surface area contributed by atoms with Crippen LogP contribution in [-0.4, -0.2) is 66.5 Å². The number of ether oxygens (including phenoxy) is 2. The molecule has 1 fully saturated rings. The number of hydrogen-bond donors (Lipinski definition) is 1. The van der Waals surface area contributed by atoms with Gasteiger partial charge in [-0.25, -0.2) is 4.99 Å². The number of piperazine rings is 1. The summed E-state index contributed by atoms with van der Waals surface area (Å²) in [6.07, 6.45) is 0. The summed E-state index contributed by atoms with van der Waals surface area (Å²) >= 11 is 0. The molecule has 2 aromatic carbocycles. The number of nitrogens with zero attached hydrogens (tertiary/aromatic N) is 3. The summed E-state index contributed by atoms with van der Waals surface area (Å²) in [6.45, 7) is 9.26. The van der Waals surface area contributed by atoms with Gasteiger partial charge in [0, 0.05) is 38.8 Å². The van der Waals surface area contributed by atoms with E-state index in [0.717, 1.165) is 60.3 Å². The first kappa shape index (κ1) is 21.2. The fourth-order valence-electron chi connectivity index (χ4n) is 3.98. The highest BCUT2D eigenvalue weighted by molar-refractivity contribution is 6.04. The molecule has 31 heavy (non-hydrogen) atoms. The van der Waals surface area contributed by atoms with Crippen LogP contribution in [0, 0.1) is 12.3 Å². The van der Waals surface area contributed by atoms with Crippen LogP contribution >= 0.6 is 0 Å². The highest BCUT2D eigenvalue weighted by Gasteiger charge is 2.32. The Morgan fingerprint density at radius 2 is 1.87 bits per heavy atom. The minimum Gasteiger partial charge on any atom is -0.497 e. The zero-order chi connectivity index (χ0) is 22.2. The van der Waals surface area contributed by atoms with Gasteiger partial charge in [-0.15, -0.1) is 0 Å². The standard InChI is InChI=1S/C24H29N3O4/c1-16-5-8-20-18(13-16)22(25-19-7-6-17(30-4)14-21(19)31-20)27-11-9-26(10-12-27)15-24(2,3)23(28)29/h5-8,13-14H,9-12,15H2,1-4H3,(H,28,29). The van der Waals surface area contributed by atoms with Crippen LogP contribution in [0.15, 0.2) is 41.4 Å². The molecule has 7 heteroatoms. The Morgan fingerprint density at radius 3 is 2.55 bits per heavy atom. The van der Waals surface area contributed by atoms with Gasteiger partial charge in [0.1, 0.15) is 23.0 Å². The molecule has 1 saturated heterocycles. The Hall–Kier alpha value is -3.06. The average Bonchev–Trinajstić information content (AvgIpc) is 2.90. The van der Waals surface area contributed by atoms with Gasteiger partial charge in [0.2, 0.25) is 0 Å². The van der Waals surface area contributed by atoms with Crippen LogP contribution in [0.5, 0.6) is 17.2 Å². The molecule has 1 N–H and O–H groups in total. The van der Waals surface area contributed by atoms with Crippen LogP contribution in [0.2, 0.25) is 0 Å². The predicted octanol–water partition coefficient (Wildman–Crippen LogP) is 3.92. The second kappa shape index (κ2) is 8.23. The number of carboxylic acids is 1. The lowest BCUT2D eigenvalue weighted by molar-refractivity contribution is -0.148. The van der Waals surface area contributed by atoms with Crippen molar-refractivity contribution in [1.29, 1.82) is 0 Å². The molecule has 4 rings (SSSR count). The first-order valence-corrected chi connectivity index (χ1v) is 10.5. The minimum absolute atomic E-state index is 0.532. The van der Waals surface area contributed by atoms with Crippen molar-refractivity contribution >= 4 is 17.5 Å². The van der Waals surface area contributed by atoms with Gasteiger partial charge in [0.25, 0.3) is 0 Å². The van der Waals surface area contributed by atoms with Gasteiger partial charge in [-0.1, -0.05) is 11.6 Å². The predicted molar refractivity (Wildman–Crippen MR) is 120 cm³/mol. The maximum atomic E-state index is 11.5. The molecule has 2 aliphatic rings. The lowest BCUT2D eigenvalue weighted by Crippen LogP contribution is -2.52.